The zero-order valence-electron chi connectivity index (χ0n) is 29.6. The van der Waals surface area contributed by atoms with Crippen molar-refractivity contribution in [1.29, 1.82) is 5.26 Å². The molecule has 0 atom stereocenters. The number of nitrogens with zero attached hydrogens (tertiary/aromatic N) is 5. The number of carbonyl (C=O) groups excluding carboxylic acids is 1. The summed E-state index contributed by atoms with van der Waals surface area (Å²) in [5.41, 5.74) is 4.48. The number of alkyl halides is 6. The van der Waals surface area contributed by atoms with Gasteiger partial charge in [-0.05, 0) is 85.2 Å². The number of carbonyl (C=O) groups is 3. The number of aryl methyl sites for hydroxylation is 2. The average molecular weight is 857 g/mol. The molecule has 0 aliphatic carbocycles. The van der Waals surface area contributed by atoms with Gasteiger partial charge in [0.05, 0.1) is 34.6 Å². The van der Waals surface area contributed by atoms with Crippen LogP contribution in [0.5, 0.6) is 0 Å². The van der Waals surface area contributed by atoms with Crippen molar-refractivity contribution in [3.05, 3.63) is 88.8 Å². The van der Waals surface area contributed by atoms with Crippen molar-refractivity contribution in [2.45, 2.75) is 49.4 Å². The summed E-state index contributed by atoms with van der Waals surface area (Å²) in [5.74, 6) is -4.75. The van der Waals surface area contributed by atoms with Crippen LogP contribution in [0, 0.1) is 17.2 Å². The van der Waals surface area contributed by atoms with Crippen LogP contribution >= 0.6 is 11.6 Å². The molecule has 4 aromatic rings. The molecule has 2 aromatic heterocycles. The second-order valence-corrected chi connectivity index (χ2v) is 14.8. The summed E-state index contributed by atoms with van der Waals surface area (Å²) in [4.78, 5) is 44.2. The number of fused-ring (bicyclic) bond motifs is 6. The lowest BCUT2D eigenvalue weighted by Gasteiger charge is -2.31. The van der Waals surface area contributed by atoms with Crippen molar-refractivity contribution in [3.63, 3.8) is 0 Å². The van der Waals surface area contributed by atoms with Crippen LogP contribution in [0.25, 0.3) is 0 Å². The summed E-state index contributed by atoms with van der Waals surface area (Å²) < 4.78 is 91.1. The third-order valence-electron chi connectivity index (χ3n) is 8.25. The summed E-state index contributed by atoms with van der Waals surface area (Å²) in [7, 11) is -3.71. The van der Waals surface area contributed by atoms with Gasteiger partial charge >= 0.3 is 24.3 Å². The molecule has 2 aliphatic heterocycles. The molecule has 5 N–H and O–H groups in total. The van der Waals surface area contributed by atoms with E-state index in [1.54, 1.807) is 18.3 Å². The number of anilines is 5. The summed E-state index contributed by atoms with van der Waals surface area (Å²) in [6.45, 7) is 0.635. The van der Waals surface area contributed by atoms with Gasteiger partial charge in [-0.3, -0.25) is 9.78 Å². The van der Waals surface area contributed by atoms with Crippen LogP contribution in [0.15, 0.2) is 72.0 Å². The number of rotatable bonds is 5. The lowest BCUT2D eigenvalue weighted by Crippen LogP contribution is -2.39. The lowest BCUT2D eigenvalue weighted by atomic mass is 9.94. The summed E-state index contributed by atoms with van der Waals surface area (Å²) in [6, 6.07) is 15.7. The van der Waals surface area contributed by atoms with Crippen LogP contribution < -0.4 is 16.0 Å². The van der Waals surface area contributed by atoms with E-state index in [9.17, 15) is 39.6 Å². The Balaban J connectivity index is 0.000000456. The molecular weight excluding hydrogens is 826 g/mol. The van der Waals surface area contributed by atoms with Crippen molar-refractivity contribution < 1.29 is 59.4 Å². The minimum atomic E-state index is -5.08. The Morgan fingerprint density at radius 3 is 2.19 bits per heavy atom. The maximum Gasteiger partial charge on any atom is 0.490 e. The highest BCUT2D eigenvalue weighted by Gasteiger charge is 2.39. The van der Waals surface area contributed by atoms with Gasteiger partial charge in [0.1, 0.15) is 5.02 Å². The monoisotopic (exact) mass is 856 g/mol. The van der Waals surface area contributed by atoms with Gasteiger partial charge in [-0.1, -0.05) is 17.7 Å². The highest BCUT2D eigenvalue weighted by atomic mass is 35.5. The molecule has 1 saturated heterocycles. The molecule has 2 aliphatic rings. The van der Waals surface area contributed by atoms with Crippen molar-refractivity contribution in [2.75, 3.05) is 29.0 Å². The second-order valence-electron chi connectivity index (χ2n) is 12.4. The normalized spacial score (nSPS) is 14.4. The molecule has 1 amide bonds. The Hall–Kier alpha value is -6.05. The lowest BCUT2D eigenvalue weighted by molar-refractivity contribution is -0.193. The minimum absolute atomic E-state index is 0.0494. The van der Waals surface area contributed by atoms with E-state index >= 15 is 0 Å². The Kier molecular flexibility index (Phi) is 14.6. The number of nitrogens with one attached hydrogen (secondary N) is 3. The fourth-order valence-corrected chi connectivity index (χ4v) is 7.10. The summed E-state index contributed by atoms with van der Waals surface area (Å²) in [6.07, 6.45) is -2.36. The molecule has 23 heteroatoms. The second kappa shape index (κ2) is 18.9. The third kappa shape index (κ3) is 12.7. The maximum atomic E-state index is 13.2. The van der Waals surface area contributed by atoms with Gasteiger partial charge in [0.2, 0.25) is 21.9 Å². The Morgan fingerprint density at radius 2 is 1.57 bits per heavy atom. The van der Waals surface area contributed by atoms with Crippen molar-refractivity contribution >= 4 is 68.3 Å². The fourth-order valence-electron chi connectivity index (χ4n) is 5.45. The van der Waals surface area contributed by atoms with Gasteiger partial charge in [0.15, 0.2) is 5.82 Å². The molecule has 308 valence electrons. The highest BCUT2D eigenvalue weighted by molar-refractivity contribution is 7.89. The molecule has 6 bridgehead atoms. The molecule has 15 nitrogen and oxygen atoms in total. The van der Waals surface area contributed by atoms with Crippen LogP contribution in [0.2, 0.25) is 5.02 Å². The first-order valence-electron chi connectivity index (χ1n) is 16.7. The van der Waals surface area contributed by atoms with Crippen LogP contribution in [0.4, 0.5) is 55.2 Å². The third-order valence-corrected chi connectivity index (χ3v) is 10.4. The quantitative estimate of drug-likeness (QED) is 0.132. The number of aliphatic carboxylic acids is 2. The van der Waals surface area contributed by atoms with Crippen LogP contribution in [-0.2, 0) is 37.2 Å². The van der Waals surface area contributed by atoms with Crippen molar-refractivity contribution in [3.8, 4) is 6.07 Å². The number of carboxylic acid groups (broad SMARTS) is 2. The topological polar surface area (TPSA) is 228 Å². The number of amides is 1. The number of benzene rings is 2. The Morgan fingerprint density at radius 1 is 0.914 bits per heavy atom. The number of piperidine rings is 1. The number of sulfonamides is 1. The number of nitriles is 1. The maximum absolute atomic E-state index is 13.2. The van der Waals surface area contributed by atoms with Crippen LogP contribution in [-0.4, -0.2) is 81.2 Å². The number of aromatic nitrogens is 3. The zero-order chi connectivity index (χ0) is 42.8. The molecule has 4 heterocycles. The van der Waals surface area contributed by atoms with E-state index in [1.807, 2.05) is 36.5 Å². The molecule has 58 heavy (non-hydrogen) atoms. The molecule has 2 aromatic carbocycles. The summed E-state index contributed by atoms with van der Waals surface area (Å²) >= 11 is 6.37. The van der Waals surface area contributed by atoms with Gasteiger partial charge in [-0.25, -0.2) is 23.0 Å². The average Bonchev–Trinajstić information content (AvgIpc) is 3.16. The molecule has 0 unspecified atom stereocenters. The largest absolute Gasteiger partial charge is 0.490 e. The van der Waals surface area contributed by atoms with Crippen LogP contribution in [0.3, 0.4) is 0 Å². The van der Waals surface area contributed by atoms with Crippen molar-refractivity contribution in [1.82, 2.24) is 19.3 Å². The highest BCUT2D eigenvalue weighted by Crippen LogP contribution is 2.31. The Bertz CT molecular complexity index is 2280. The molecule has 0 saturated carbocycles. The molecule has 1 fully saturated rings. The molecular formula is C35H31ClF6N8O7S. The summed E-state index contributed by atoms with van der Waals surface area (Å²) in [5, 5.41) is 33.3. The minimum Gasteiger partial charge on any atom is -0.475 e. The van der Waals surface area contributed by atoms with Gasteiger partial charge in [-0.2, -0.15) is 40.9 Å². The first kappa shape index (κ1) is 44.7. The van der Waals surface area contributed by atoms with E-state index in [0.29, 0.717) is 66.8 Å². The fraction of sp³-hybridized carbons (Fsp3) is 0.286. The molecule has 0 spiro atoms. The molecule has 0 radical (unpaired) electrons. The van der Waals surface area contributed by atoms with E-state index in [1.165, 1.54) is 22.6 Å². The van der Waals surface area contributed by atoms with Gasteiger partial charge in [0.25, 0.3) is 0 Å². The number of pyridine rings is 1. The number of hydrogen-bond acceptors (Lipinski definition) is 11. The zero-order valence-corrected chi connectivity index (χ0v) is 31.2. The van der Waals surface area contributed by atoms with E-state index in [2.05, 4.69) is 30.9 Å². The van der Waals surface area contributed by atoms with Gasteiger partial charge in [-0.15, -0.1) is 0 Å². The van der Waals surface area contributed by atoms with E-state index in [0.717, 1.165) is 22.5 Å². The SMILES string of the molecule is N#Cc1cccc(S(=O)(=O)N2CCC(CC(=O)Nc3ccc4cc3CCc3cncc(c3)Nc3ncc(Cl)c(n3)N4)CC2)c1.O=C(O)C(F)(F)F.O=C(O)C(F)(F)F. The van der Waals surface area contributed by atoms with Crippen LogP contribution in [0.1, 0.15) is 36.0 Å². The Labute approximate surface area is 330 Å². The number of carboxylic acids is 2. The van der Waals surface area contributed by atoms with E-state index in [4.69, 9.17) is 36.7 Å². The van der Waals surface area contributed by atoms with E-state index < -0.39 is 34.3 Å². The molecule has 6 rings (SSSR count). The number of halogens is 7. The predicted octanol–water partition coefficient (Wildman–Crippen LogP) is 6.68. The van der Waals surface area contributed by atoms with Gasteiger partial charge < -0.3 is 26.2 Å². The number of hydrogen-bond donors (Lipinski definition) is 5. The first-order chi connectivity index (χ1) is 27.1. The predicted molar refractivity (Wildman–Crippen MR) is 195 cm³/mol. The smallest absolute Gasteiger partial charge is 0.475 e. The standard InChI is InChI=1S/C31H29ClN8O3S.2C2HF3O2/c32-27-19-35-31-37-25-12-22(17-34-18-25)4-5-23-15-24(36-30(27)39-31)6-7-28(23)38-29(41)14-20-8-10-40(11-9-20)44(42,43)26-3-1-2-21(13-26)16-33;2*3-2(4,5)1(6)7/h1-3,6-7,12-13,15,17-20H,4-5,8-11,14H2,(H,38,41)(H2,35,36,37,39);2*(H,6,7). The van der Waals surface area contributed by atoms with E-state index in [-0.39, 0.29) is 23.1 Å². The first-order valence-corrected chi connectivity index (χ1v) is 18.5. The van der Waals surface area contributed by atoms with Crippen molar-refractivity contribution in [2.24, 2.45) is 5.92 Å². The van der Waals surface area contributed by atoms with Gasteiger partial charge in [0, 0.05) is 37.1 Å².